The molecule has 0 radical (unpaired) electrons. The van der Waals surface area contributed by atoms with Gasteiger partial charge in [-0.25, -0.2) is 0 Å². The Hall–Kier alpha value is -1.10. The number of halogens is 1. The number of unbranched alkanes of at least 4 members (excludes halogenated alkanes) is 3. The fourth-order valence-electron chi connectivity index (χ4n) is 1.62. The van der Waals surface area contributed by atoms with E-state index in [0.29, 0.717) is 6.54 Å². The van der Waals surface area contributed by atoms with Crippen molar-refractivity contribution in [2.24, 2.45) is 0 Å². The lowest BCUT2D eigenvalue weighted by Gasteiger charge is -2.06. The van der Waals surface area contributed by atoms with Gasteiger partial charge in [0.15, 0.2) is 0 Å². The molecular weight excluding hydrogens is 296 g/mol. The smallest absolute Gasteiger partial charge is 0.261 e. The zero-order valence-electron chi connectivity index (χ0n) is 10.8. The summed E-state index contributed by atoms with van der Waals surface area (Å²) in [6.45, 7) is 4.53. The fourth-order valence-corrected chi connectivity index (χ4v) is 1.94. The van der Waals surface area contributed by atoms with Gasteiger partial charge in [-0.05, 0) is 35.3 Å². The van der Waals surface area contributed by atoms with Crippen molar-refractivity contribution in [3.8, 4) is 0 Å². The van der Waals surface area contributed by atoms with Crippen LogP contribution in [-0.4, -0.2) is 17.4 Å². The van der Waals surface area contributed by atoms with Crippen LogP contribution in [0.25, 0.3) is 0 Å². The number of hydrogen-bond donors (Lipinski definition) is 2. The van der Waals surface area contributed by atoms with Crippen LogP contribution in [0.2, 0.25) is 0 Å². The van der Waals surface area contributed by atoms with E-state index in [0.717, 1.165) is 23.0 Å². The van der Waals surface area contributed by atoms with Gasteiger partial charge in [-0.2, -0.15) is 0 Å². The van der Waals surface area contributed by atoms with Gasteiger partial charge >= 0.3 is 0 Å². The third kappa shape index (κ3) is 4.29. The molecule has 1 aromatic heterocycles. The molecular formula is C13H19BrN2O2. The zero-order chi connectivity index (χ0) is 13.5. The standard InChI is InChI=1S/C13H19BrN2O2/c1-3-4-5-6-7-15-12(17)10-8-11(14)9(2)16-13(10)18/h8H,3-7H2,1-2H3,(H,15,17)(H,16,18). The highest BCUT2D eigenvalue weighted by Gasteiger charge is 2.11. The number of aryl methyl sites for hydroxylation is 1. The Morgan fingerprint density at radius 1 is 1.39 bits per heavy atom. The van der Waals surface area contributed by atoms with Crippen LogP contribution in [-0.2, 0) is 0 Å². The Labute approximate surface area is 115 Å². The molecule has 1 rings (SSSR count). The van der Waals surface area contributed by atoms with E-state index in [-0.39, 0.29) is 17.0 Å². The summed E-state index contributed by atoms with van der Waals surface area (Å²) in [6.07, 6.45) is 4.39. The Balaban J connectivity index is 2.57. The maximum atomic E-state index is 11.8. The van der Waals surface area contributed by atoms with Gasteiger partial charge in [-0.3, -0.25) is 9.59 Å². The molecule has 0 aliphatic carbocycles. The first-order valence-electron chi connectivity index (χ1n) is 6.24. The van der Waals surface area contributed by atoms with Crippen molar-refractivity contribution in [1.29, 1.82) is 0 Å². The highest BCUT2D eigenvalue weighted by atomic mass is 79.9. The van der Waals surface area contributed by atoms with Crippen molar-refractivity contribution in [2.45, 2.75) is 39.5 Å². The predicted molar refractivity (Wildman–Crippen MR) is 76.0 cm³/mol. The summed E-state index contributed by atoms with van der Waals surface area (Å²) in [5, 5.41) is 2.77. The Morgan fingerprint density at radius 3 is 2.78 bits per heavy atom. The van der Waals surface area contributed by atoms with Crippen LogP contribution in [0.4, 0.5) is 0 Å². The van der Waals surface area contributed by atoms with Crippen LogP contribution in [0.1, 0.15) is 48.7 Å². The molecule has 0 aliphatic heterocycles. The first-order chi connectivity index (χ1) is 8.56. The molecule has 0 fully saturated rings. The largest absolute Gasteiger partial charge is 0.352 e. The molecule has 4 nitrogen and oxygen atoms in total. The molecule has 0 atom stereocenters. The SMILES string of the molecule is CCCCCCNC(=O)c1cc(Br)c(C)[nH]c1=O. The lowest BCUT2D eigenvalue weighted by Crippen LogP contribution is -2.30. The van der Waals surface area contributed by atoms with Gasteiger partial charge in [0.25, 0.3) is 11.5 Å². The Bertz CT molecular complexity index is 469. The maximum absolute atomic E-state index is 11.8. The summed E-state index contributed by atoms with van der Waals surface area (Å²) < 4.78 is 0.734. The van der Waals surface area contributed by atoms with Crippen LogP contribution >= 0.6 is 15.9 Å². The number of hydrogen-bond acceptors (Lipinski definition) is 2. The summed E-state index contributed by atoms with van der Waals surface area (Å²) in [5.74, 6) is -0.312. The number of aromatic amines is 1. The average molecular weight is 315 g/mol. The van der Waals surface area contributed by atoms with Crippen molar-refractivity contribution in [3.05, 3.63) is 32.2 Å². The monoisotopic (exact) mass is 314 g/mol. The summed E-state index contributed by atoms with van der Waals surface area (Å²) in [6, 6.07) is 1.57. The van der Waals surface area contributed by atoms with Gasteiger partial charge in [-0.1, -0.05) is 26.2 Å². The third-order valence-corrected chi connectivity index (χ3v) is 3.56. The number of nitrogens with one attached hydrogen (secondary N) is 2. The predicted octanol–water partition coefficient (Wildman–Crippen LogP) is 2.76. The van der Waals surface area contributed by atoms with Crippen LogP contribution in [0, 0.1) is 6.92 Å². The molecule has 18 heavy (non-hydrogen) atoms. The van der Waals surface area contributed by atoms with E-state index >= 15 is 0 Å². The second-order valence-corrected chi connectivity index (χ2v) is 5.16. The molecule has 0 aromatic carbocycles. The number of pyridine rings is 1. The third-order valence-electron chi connectivity index (χ3n) is 2.74. The topological polar surface area (TPSA) is 62.0 Å². The summed E-state index contributed by atoms with van der Waals surface area (Å²) in [4.78, 5) is 26.1. The second kappa shape index (κ2) is 7.36. The Morgan fingerprint density at radius 2 is 2.11 bits per heavy atom. The molecule has 0 aliphatic rings. The molecule has 0 bridgehead atoms. The summed E-state index contributed by atoms with van der Waals surface area (Å²) >= 11 is 3.30. The highest BCUT2D eigenvalue weighted by molar-refractivity contribution is 9.10. The van der Waals surface area contributed by atoms with Crippen molar-refractivity contribution in [1.82, 2.24) is 10.3 Å². The molecule has 0 spiro atoms. The van der Waals surface area contributed by atoms with E-state index < -0.39 is 0 Å². The molecule has 1 heterocycles. The van der Waals surface area contributed by atoms with E-state index in [2.05, 4.69) is 33.2 Å². The number of aromatic nitrogens is 1. The number of carbonyl (C=O) groups is 1. The van der Waals surface area contributed by atoms with E-state index in [4.69, 9.17) is 0 Å². The van der Waals surface area contributed by atoms with Gasteiger partial charge in [-0.15, -0.1) is 0 Å². The zero-order valence-corrected chi connectivity index (χ0v) is 12.4. The molecule has 100 valence electrons. The first-order valence-corrected chi connectivity index (χ1v) is 7.03. The molecule has 2 N–H and O–H groups in total. The minimum absolute atomic E-state index is 0.156. The van der Waals surface area contributed by atoms with Crippen LogP contribution < -0.4 is 10.9 Å². The number of amides is 1. The lowest BCUT2D eigenvalue weighted by atomic mass is 10.2. The van der Waals surface area contributed by atoms with Gasteiger partial charge in [0, 0.05) is 16.7 Å². The fraction of sp³-hybridized carbons (Fsp3) is 0.538. The van der Waals surface area contributed by atoms with Crippen molar-refractivity contribution >= 4 is 21.8 Å². The minimum Gasteiger partial charge on any atom is -0.352 e. The highest BCUT2D eigenvalue weighted by Crippen LogP contribution is 2.12. The van der Waals surface area contributed by atoms with Crippen molar-refractivity contribution in [2.75, 3.05) is 6.54 Å². The Kier molecular flexibility index (Phi) is 6.12. The lowest BCUT2D eigenvalue weighted by molar-refractivity contribution is 0.0951. The van der Waals surface area contributed by atoms with Gasteiger partial charge in [0.05, 0.1) is 0 Å². The maximum Gasteiger partial charge on any atom is 0.261 e. The van der Waals surface area contributed by atoms with E-state index in [1.54, 1.807) is 13.0 Å². The quantitative estimate of drug-likeness (QED) is 0.793. The number of rotatable bonds is 6. The van der Waals surface area contributed by atoms with Gasteiger partial charge < -0.3 is 10.3 Å². The van der Waals surface area contributed by atoms with Gasteiger partial charge in [0.1, 0.15) is 5.56 Å². The van der Waals surface area contributed by atoms with Crippen LogP contribution in [0.3, 0.4) is 0 Å². The summed E-state index contributed by atoms with van der Waals surface area (Å²) in [7, 11) is 0. The second-order valence-electron chi connectivity index (χ2n) is 4.30. The van der Waals surface area contributed by atoms with Crippen molar-refractivity contribution < 1.29 is 4.79 Å². The number of H-pyrrole nitrogens is 1. The van der Waals surface area contributed by atoms with E-state index in [1.807, 2.05) is 0 Å². The van der Waals surface area contributed by atoms with E-state index in [1.165, 1.54) is 12.8 Å². The summed E-state index contributed by atoms with van der Waals surface area (Å²) in [5.41, 5.74) is 0.532. The minimum atomic E-state index is -0.346. The molecule has 0 unspecified atom stereocenters. The average Bonchev–Trinajstić information content (AvgIpc) is 2.33. The molecule has 1 amide bonds. The normalized spacial score (nSPS) is 10.4. The molecule has 0 saturated carbocycles. The molecule has 5 heteroatoms. The molecule has 0 saturated heterocycles. The van der Waals surface area contributed by atoms with Gasteiger partial charge in [0.2, 0.25) is 0 Å². The van der Waals surface area contributed by atoms with Crippen LogP contribution in [0.15, 0.2) is 15.3 Å². The van der Waals surface area contributed by atoms with Crippen molar-refractivity contribution in [3.63, 3.8) is 0 Å². The van der Waals surface area contributed by atoms with E-state index in [9.17, 15) is 9.59 Å². The molecule has 1 aromatic rings. The van der Waals surface area contributed by atoms with Crippen LogP contribution in [0.5, 0.6) is 0 Å². The number of carbonyl (C=O) groups excluding carboxylic acids is 1. The first kappa shape index (κ1) is 15.0.